The summed E-state index contributed by atoms with van der Waals surface area (Å²) in [5.41, 5.74) is 11.0. The first-order chi connectivity index (χ1) is 18.1. The molecule has 1 aromatic heterocycles. The lowest BCUT2D eigenvalue weighted by Crippen LogP contribution is -2.48. The SMILES string of the molecule is Cc1cc(N2CCC(F)(F)C2)cc2c(N3CCc4ccc(S(=O)N5CCC(C)(N)CC5)cc4C3)ncnc12. The van der Waals surface area contributed by atoms with Crippen molar-refractivity contribution in [3.05, 3.63) is 53.3 Å². The summed E-state index contributed by atoms with van der Waals surface area (Å²) in [6.45, 7) is 6.96. The molecule has 3 aliphatic heterocycles. The third-order valence-corrected chi connectivity index (χ3v) is 9.71. The van der Waals surface area contributed by atoms with Gasteiger partial charge in [0.1, 0.15) is 23.1 Å². The van der Waals surface area contributed by atoms with Crippen LogP contribution in [0, 0.1) is 6.92 Å². The number of nitrogens with zero attached hydrogens (tertiary/aromatic N) is 5. The highest BCUT2D eigenvalue weighted by Gasteiger charge is 2.38. The molecule has 4 heterocycles. The van der Waals surface area contributed by atoms with Crippen molar-refractivity contribution in [3.8, 4) is 0 Å². The Morgan fingerprint density at radius 1 is 0.974 bits per heavy atom. The van der Waals surface area contributed by atoms with Gasteiger partial charge in [0.15, 0.2) is 0 Å². The van der Waals surface area contributed by atoms with Gasteiger partial charge in [0.05, 0.1) is 17.0 Å². The summed E-state index contributed by atoms with van der Waals surface area (Å²) in [7, 11) is -1.23. The molecule has 6 rings (SSSR count). The molecular formula is C28H34F2N6OS. The zero-order valence-electron chi connectivity index (χ0n) is 21.9. The Kier molecular flexibility index (Phi) is 6.39. The number of fused-ring (bicyclic) bond motifs is 2. The minimum Gasteiger partial charge on any atom is -0.365 e. The van der Waals surface area contributed by atoms with Crippen LogP contribution >= 0.6 is 0 Å². The number of aryl methyl sites for hydroxylation is 1. The molecule has 2 saturated heterocycles. The van der Waals surface area contributed by atoms with E-state index < -0.39 is 16.9 Å². The van der Waals surface area contributed by atoms with Gasteiger partial charge in [-0.15, -0.1) is 0 Å². The molecule has 0 aliphatic carbocycles. The highest BCUT2D eigenvalue weighted by atomic mass is 32.2. The van der Waals surface area contributed by atoms with Crippen LogP contribution in [0.1, 0.15) is 42.9 Å². The normalized spacial score (nSPS) is 22.0. The van der Waals surface area contributed by atoms with Crippen LogP contribution < -0.4 is 15.5 Å². The molecule has 202 valence electrons. The lowest BCUT2D eigenvalue weighted by atomic mass is 9.92. The van der Waals surface area contributed by atoms with Crippen LogP contribution in [0.15, 0.2) is 41.6 Å². The highest BCUT2D eigenvalue weighted by molar-refractivity contribution is 7.82. The number of nitrogens with two attached hydrogens (primary N) is 1. The predicted molar refractivity (Wildman–Crippen MR) is 147 cm³/mol. The number of hydrogen-bond acceptors (Lipinski definition) is 6. The average molecular weight is 541 g/mol. The van der Waals surface area contributed by atoms with E-state index in [4.69, 9.17) is 5.73 Å². The van der Waals surface area contributed by atoms with E-state index in [2.05, 4.69) is 33.9 Å². The Bertz CT molecular complexity index is 1400. The van der Waals surface area contributed by atoms with Crippen molar-refractivity contribution in [3.63, 3.8) is 0 Å². The Balaban J connectivity index is 1.28. The van der Waals surface area contributed by atoms with E-state index in [1.807, 2.05) is 29.4 Å². The van der Waals surface area contributed by atoms with E-state index in [0.717, 1.165) is 77.3 Å². The molecule has 7 nitrogen and oxygen atoms in total. The number of hydrogen-bond donors (Lipinski definition) is 1. The number of alkyl halides is 2. The zero-order valence-corrected chi connectivity index (χ0v) is 22.7. The summed E-state index contributed by atoms with van der Waals surface area (Å²) in [5.74, 6) is -1.85. The van der Waals surface area contributed by atoms with Gasteiger partial charge in [-0.25, -0.2) is 27.3 Å². The second-order valence-electron chi connectivity index (χ2n) is 11.3. The molecule has 2 aromatic carbocycles. The number of anilines is 2. The molecule has 2 fully saturated rings. The van der Waals surface area contributed by atoms with Crippen LogP contribution in [0.3, 0.4) is 0 Å². The molecule has 38 heavy (non-hydrogen) atoms. The van der Waals surface area contributed by atoms with E-state index in [9.17, 15) is 13.0 Å². The summed E-state index contributed by atoms with van der Waals surface area (Å²) < 4.78 is 43.3. The van der Waals surface area contributed by atoms with E-state index in [0.29, 0.717) is 13.1 Å². The van der Waals surface area contributed by atoms with Gasteiger partial charge in [-0.2, -0.15) is 0 Å². The molecule has 0 amide bonds. The van der Waals surface area contributed by atoms with Crippen molar-refractivity contribution in [1.29, 1.82) is 0 Å². The van der Waals surface area contributed by atoms with Crippen molar-refractivity contribution in [2.24, 2.45) is 5.73 Å². The van der Waals surface area contributed by atoms with Gasteiger partial charge < -0.3 is 15.5 Å². The van der Waals surface area contributed by atoms with Crippen LogP contribution in [0.5, 0.6) is 0 Å². The first kappa shape index (κ1) is 25.6. The van der Waals surface area contributed by atoms with Gasteiger partial charge in [0.25, 0.3) is 5.92 Å². The maximum Gasteiger partial charge on any atom is 0.266 e. The lowest BCUT2D eigenvalue weighted by Gasteiger charge is -2.36. The highest BCUT2D eigenvalue weighted by Crippen LogP contribution is 2.36. The van der Waals surface area contributed by atoms with Crippen molar-refractivity contribution in [1.82, 2.24) is 14.3 Å². The topological polar surface area (TPSA) is 78.6 Å². The zero-order chi connectivity index (χ0) is 26.7. The standard InChI is InChI=1S/C28H34F2N6OS/c1-19-13-22(35-10-8-28(29,30)17-35)15-24-25(19)32-18-33-26(24)34-9-5-20-3-4-23(14-21(20)16-34)38(37)36-11-6-27(2,31)7-12-36/h3-4,13-15,18H,5-12,16-17,31H2,1-2H3. The predicted octanol–water partition coefficient (Wildman–Crippen LogP) is 4.18. The van der Waals surface area contributed by atoms with Gasteiger partial charge in [0, 0.05) is 55.8 Å². The van der Waals surface area contributed by atoms with Gasteiger partial charge >= 0.3 is 0 Å². The lowest BCUT2D eigenvalue weighted by molar-refractivity contribution is 0.0257. The minimum absolute atomic E-state index is 0.127. The van der Waals surface area contributed by atoms with E-state index in [1.54, 1.807) is 11.2 Å². The molecule has 10 heteroatoms. The molecule has 0 spiro atoms. The molecule has 0 bridgehead atoms. The van der Waals surface area contributed by atoms with Crippen molar-refractivity contribution in [2.75, 3.05) is 42.5 Å². The molecule has 3 aliphatic rings. The van der Waals surface area contributed by atoms with Crippen LogP contribution in [-0.4, -0.2) is 62.7 Å². The minimum atomic E-state index is -2.66. The molecular weight excluding hydrogens is 506 g/mol. The fourth-order valence-corrected chi connectivity index (χ4v) is 7.08. The third kappa shape index (κ3) is 4.89. The smallest absolute Gasteiger partial charge is 0.266 e. The maximum absolute atomic E-state index is 13.9. The fraction of sp³-hybridized carbons (Fsp3) is 0.500. The number of halogens is 2. The van der Waals surface area contributed by atoms with Crippen molar-refractivity contribution < 1.29 is 13.0 Å². The monoisotopic (exact) mass is 540 g/mol. The van der Waals surface area contributed by atoms with Gasteiger partial charge in [-0.05, 0) is 74.1 Å². The van der Waals surface area contributed by atoms with Crippen molar-refractivity contribution >= 4 is 33.4 Å². The number of piperidine rings is 1. The fourth-order valence-electron chi connectivity index (χ4n) is 5.84. The molecule has 0 radical (unpaired) electrons. The van der Waals surface area contributed by atoms with Gasteiger partial charge in [-0.1, -0.05) is 6.07 Å². The second kappa shape index (κ2) is 9.50. The number of benzene rings is 2. The van der Waals surface area contributed by atoms with Crippen LogP contribution in [0.2, 0.25) is 0 Å². The van der Waals surface area contributed by atoms with Gasteiger partial charge in [-0.3, -0.25) is 0 Å². The van der Waals surface area contributed by atoms with Crippen molar-refractivity contribution in [2.45, 2.75) is 62.4 Å². The average Bonchev–Trinajstić information content (AvgIpc) is 3.27. The maximum atomic E-state index is 13.9. The molecule has 0 saturated carbocycles. The first-order valence-electron chi connectivity index (χ1n) is 13.3. The molecule has 1 atom stereocenters. The Morgan fingerprint density at radius 3 is 2.50 bits per heavy atom. The summed E-state index contributed by atoms with van der Waals surface area (Å²) in [6.07, 6.45) is 3.96. The third-order valence-electron chi connectivity index (χ3n) is 8.22. The first-order valence-corrected chi connectivity index (χ1v) is 14.4. The molecule has 1 unspecified atom stereocenters. The van der Waals surface area contributed by atoms with E-state index in [1.165, 1.54) is 5.56 Å². The van der Waals surface area contributed by atoms with E-state index in [-0.39, 0.29) is 18.5 Å². The quantitative estimate of drug-likeness (QED) is 0.535. The largest absolute Gasteiger partial charge is 0.365 e. The summed E-state index contributed by atoms with van der Waals surface area (Å²) in [6, 6.07) is 10.1. The Hall–Kier alpha value is -2.69. The van der Waals surface area contributed by atoms with Crippen LogP contribution in [0.4, 0.5) is 20.3 Å². The summed E-state index contributed by atoms with van der Waals surface area (Å²) in [4.78, 5) is 14.0. The number of aromatic nitrogens is 2. The molecule has 3 aromatic rings. The summed E-state index contributed by atoms with van der Waals surface area (Å²) in [5, 5.41) is 0.874. The molecule has 2 N–H and O–H groups in total. The van der Waals surface area contributed by atoms with Crippen LogP contribution in [0.25, 0.3) is 10.9 Å². The Labute approximate surface area is 224 Å². The van der Waals surface area contributed by atoms with Gasteiger partial charge in [0.2, 0.25) is 0 Å². The number of rotatable bonds is 4. The van der Waals surface area contributed by atoms with Crippen LogP contribution in [-0.2, 0) is 24.0 Å². The Morgan fingerprint density at radius 2 is 1.76 bits per heavy atom. The van der Waals surface area contributed by atoms with E-state index >= 15 is 0 Å². The summed E-state index contributed by atoms with van der Waals surface area (Å²) >= 11 is 0. The second-order valence-corrected chi connectivity index (χ2v) is 12.8.